The quantitative estimate of drug-likeness (QED) is 0.894. The molecule has 0 saturated carbocycles. The summed E-state index contributed by atoms with van der Waals surface area (Å²) in [7, 11) is 0. The number of alkyl halides is 3. The van der Waals surface area contributed by atoms with Crippen LogP contribution in [-0.4, -0.2) is 23.6 Å². The molecule has 1 N–H and O–H groups in total. The highest BCUT2D eigenvalue weighted by Gasteiger charge is 2.51. The molecule has 1 aliphatic heterocycles. The van der Waals surface area contributed by atoms with Crippen LogP contribution in [0.4, 0.5) is 13.2 Å². The zero-order chi connectivity index (χ0) is 17.7. The molecule has 1 heterocycles. The van der Waals surface area contributed by atoms with Gasteiger partial charge in [0.05, 0.1) is 5.41 Å². The van der Waals surface area contributed by atoms with Crippen LogP contribution in [0.2, 0.25) is 0 Å². The van der Waals surface area contributed by atoms with Crippen molar-refractivity contribution in [1.29, 1.82) is 0 Å². The lowest BCUT2D eigenvalue weighted by molar-refractivity contribution is -0.191. The van der Waals surface area contributed by atoms with Crippen molar-refractivity contribution in [2.45, 2.75) is 33.0 Å². The second-order valence-electron chi connectivity index (χ2n) is 6.91. The molecule has 0 unspecified atom stereocenters. The van der Waals surface area contributed by atoms with Gasteiger partial charge in [-0.3, -0.25) is 10.2 Å². The van der Waals surface area contributed by atoms with E-state index >= 15 is 0 Å². The van der Waals surface area contributed by atoms with Crippen LogP contribution in [0.25, 0.3) is 10.8 Å². The number of aryl methyl sites for hydroxylation is 1. The van der Waals surface area contributed by atoms with Gasteiger partial charge in [-0.15, -0.1) is 0 Å². The molecule has 2 aromatic carbocycles. The Balaban J connectivity index is 2.19. The number of rotatable bonds is 2. The van der Waals surface area contributed by atoms with Gasteiger partial charge in [-0.1, -0.05) is 36.4 Å². The molecule has 128 valence electrons. The molecule has 0 radical (unpaired) electrons. The highest BCUT2D eigenvalue weighted by Crippen LogP contribution is 2.43. The van der Waals surface area contributed by atoms with Crippen LogP contribution in [0.1, 0.15) is 31.0 Å². The molecule has 1 fully saturated rings. The number of fused-ring (bicyclic) bond motifs is 1. The number of hydrogen-bond donors (Lipinski definition) is 1. The van der Waals surface area contributed by atoms with Crippen LogP contribution in [0.5, 0.6) is 0 Å². The summed E-state index contributed by atoms with van der Waals surface area (Å²) in [4.78, 5) is 12.0. The Hall–Kier alpha value is -2.08. The van der Waals surface area contributed by atoms with Crippen LogP contribution in [0.3, 0.4) is 0 Å². The van der Waals surface area contributed by atoms with Crippen molar-refractivity contribution >= 4 is 16.7 Å². The van der Waals surface area contributed by atoms with E-state index in [1.165, 1.54) is 0 Å². The lowest BCUT2D eigenvalue weighted by Crippen LogP contribution is -2.44. The normalized spacial score (nSPS) is 19.5. The summed E-state index contributed by atoms with van der Waals surface area (Å²) in [5.41, 5.74) is 2.30. The molecule has 3 rings (SSSR count). The summed E-state index contributed by atoms with van der Waals surface area (Å²) in [6, 6.07) is 8.63. The molecule has 1 aliphatic rings. The number of carbonyl (C=O) groups excluding carboxylic acids is 1. The first-order chi connectivity index (χ1) is 11.1. The maximum atomic E-state index is 14.0. The SMILES string of the molecule is Cc1ccc2ccccc2c1[C@H](N1CC(C)(C)C(=O)N1)C(F)(F)F. The van der Waals surface area contributed by atoms with E-state index < -0.39 is 23.5 Å². The highest BCUT2D eigenvalue weighted by molar-refractivity contribution is 5.88. The van der Waals surface area contributed by atoms with E-state index in [4.69, 9.17) is 0 Å². The predicted molar refractivity (Wildman–Crippen MR) is 86.1 cm³/mol. The van der Waals surface area contributed by atoms with Gasteiger partial charge in [0.2, 0.25) is 5.91 Å². The maximum Gasteiger partial charge on any atom is 0.409 e. The van der Waals surface area contributed by atoms with Crippen LogP contribution in [0, 0.1) is 12.3 Å². The Labute approximate surface area is 138 Å². The first-order valence-electron chi connectivity index (χ1n) is 7.74. The van der Waals surface area contributed by atoms with E-state index in [2.05, 4.69) is 5.43 Å². The minimum Gasteiger partial charge on any atom is -0.287 e. The number of nitrogens with one attached hydrogen (secondary N) is 1. The first-order valence-corrected chi connectivity index (χ1v) is 7.74. The second-order valence-corrected chi connectivity index (χ2v) is 6.91. The van der Waals surface area contributed by atoms with Crippen molar-refractivity contribution < 1.29 is 18.0 Å². The van der Waals surface area contributed by atoms with Crippen LogP contribution < -0.4 is 5.43 Å². The molecular formula is C18H19F3N2O. The van der Waals surface area contributed by atoms with Crippen molar-refractivity contribution in [2.75, 3.05) is 6.54 Å². The van der Waals surface area contributed by atoms with Gasteiger partial charge in [0.1, 0.15) is 0 Å². The molecule has 3 nitrogen and oxygen atoms in total. The van der Waals surface area contributed by atoms with E-state index in [-0.39, 0.29) is 12.1 Å². The third-order valence-electron chi connectivity index (χ3n) is 4.51. The first kappa shape index (κ1) is 16.8. The minimum atomic E-state index is -4.51. The fourth-order valence-electron chi connectivity index (χ4n) is 3.24. The molecule has 1 atom stereocenters. The van der Waals surface area contributed by atoms with Gasteiger partial charge in [0.15, 0.2) is 6.04 Å². The summed E-state index contributed by atoms with van der Waals surface area (Å²) >= 11 is 0. The van der Waals surface area contributed by atoms with Crippen LogP contribution >= 0.6 is 0 Å². The molecule has 1 saturated heterocycles. The van der Waals surface area contributed by atoms with Gasteiger partial charge in [0.25, 0.3) is 0 Å². The van der Waals surface area contributed by atoms with Gasteiger partial charge in [-0.2, -0.15) is 13.2 Å². The van der Waals surface area contributed by atoms with Crippen molar-refractivity contribution in [2.24, 2.45) is 5.41 Å². The number of carbonyl (C=O) groups is 1. The van der Waals surface area contributed by atoms with E-state index in [1.54, 1.807) is 51.1 Å². The van der Waals surface area contributed by atoms with Gasteiger partial charge < -0.3 is 0 Å². The summed E-state index contributed by atoms with van der Waals surface area (Å²) in [5, 5.41) is 2.33. The van der Waals surface area contributed by atoms with Crippen molar-refractivity contribution in [1.82, 2.24) is 10.4 Å². The average molecular weight is 336 g/mol. The molecule has 0 bridgehead atoms. The summed E-state index contributed by atoms with van der Waals surface area (Å²) in [6.07, 6.45) is -4.51. The minimum absolute atomic E-state index is 0.00132. The fourth-order valence-corrected chi connectivity index (χ4v) is 3.24. The lowest BCUT2D eigenvalue weighted by atomic mass is 9.91. The summed E-state index contributed by atoms with van der Waals surface area (Å²) in [5.74, 6) is -0.394. The molecule has 0 aliphatic carbocycles. The number of hydrogen-bond acceptors (Lipinski definition) is 2. The van der Waals surface area contributed by atoms with Crippen molar-refractivity contribution in [3.63, 3.8) is 0 Å². The van der Waals surface area contributed by atoms with Crippen LogP contribution in [0.15, 0.2) is 36.4 Å². The van der Waals surface area contributed by atoms with Gasteiger partial charge in [-0.05, 0) is 42.7 Å². The Morgan fingerprint density at radius 1 is 1.17 bits per heavy atom. The number of benzene rings is 2. The predicted octanol–water partition coefficient (Wildman–Crippen LogP) is 4.12. The molecule has 2 aromatic rings. The van der Waals surface area contributed by atoms with Gasteiger partial charge >= 0.3 is 6.18 Å². The van der Waals surface area contributed by atoms with Crippen LogP contribution in [-0.2, 0) is 4.79 Å². The molecule has 0 spiro atoms. The number of nitrogens with zero attached hydrogens (tertiary/aromatic N) is 1. The summed E-state index contributed by atoms with van der Waals surface area (Å²) in [6.45, 7) is 4.96. The molecule has 1 amide bonds. The van der Waals surface area contributed by atoms with Gasteiger partial charge in [-0.25, -0.2) is 5.01 Å². The van der Waals surface area contributed by atoms with Gasteiger partial charge in [0, 0.05) is 6.54 Å². The average Bonchev–Trinajstić information content (AvgIpc) is 2.74. The molecular weight excluding hydrogens is 317 g/mol. The van der Waals surface area contributed by atoms with E-state index in [1.807, 2.05) is 6.07 Å². The summed E-state index contributed by atoms with van der Waals surface area (Å²) < 4.78 is 41.9. The Morgan fingerprint density at radius 2 is 1.83 bits per heavy atom. The largest absolute Gasteiger partial charge is 0.409 e. The number of amides is 1. The number of hydrazine groups is 1. The zero-order valence-electron chi connectivity index (χ0n) is 13.7. The van der Waals surface area contributed by atoms with Crippen molar-refractivity contribution in [3.05, 3.63) is 47.5 Å². The second kappa shape index (κ2) is 5.48. The van der Waals surface area contributed by atoms with Crippen molar-refractivity contribution in [3.8, 4) is 0 Å². The third-order valence-corrected chi connectivity index (χ3v) is 4.51. The van der Waals surface area contributed by atoms with E-state index in [0.29, 0.717) is 10.9 Å². The zero-order valence-corrected chi connectivity index (χ0v) is 13.7. The number of halogens is 3. The maximum absolute atomic E-state index is 14.0. The highest BCUT2D eigenvalue weighted by atomic mass is 19.4. The monoisotopic (exact) mass is 336 g/mol. The Morgan fingerprint density at radius 3 is 2.42 bits per heavy atom. The fraction of sp³-hybridized carbons (Fsp3) is 0.389. The molecule has 24 heavy (non-hydrogen) atoms. The third kappa shape index (κ3) is 2.75. The molecule has 0 aromatic heterocycles. The Bertz CT molecular complexity index is 798. The smallest absolute Gasteiger partial charge is 0.287 e. The van der Waals surface area contributed by atoms with E-state index in [9.17, 15) is 18.0 Å². The molecule has 6 heteroatoms. The van der Waals surface area contributed by atoms with E-state index in [0.717, 1.165) is 10.4 Å². The Kier molecular flexibility index (Phi) is 3.83. The topological polar surface area (TPSA) is 32.3 Å². The lowest BCUT2D eigenvalue weighted by Gasteiger charge is -2.31. The standard InChI is InChI=1S/C18H19F3N2O/c1-11-8-9-12-6-4-5-7-13(12)14(11)15(18(19,20)21)23-10-17(2,3)16(24)22-23/h4-9,15H,10H2,1-3H3,(H,22,24)/t15-/m0/s1.